The summed E-state index contributed by atoms with van der Waals surface area (Å²) in [5.74, 6) is 0. The first-order valence-electron chi connectivity index (χ1n) is 8.56. The number of fused-ring (bicyclic) bond motifs is 3. The van der Waals surface area contributed by atoms with E-state index in [1.807, 2.05) is 0 Å². The molecular formula is C21H24N2. The first kappa shape index (κ1) is 14.5. The fourth-order valence-corrected chi connectivity index (χ4v) is 4.04. The highest BCUT2D eigenvalue weighted by Gasteiger charge is 2.32. The van der Waals surface area contributed by atoms with Gasteiger partial charge in [0.15, 0.2) is 0 Å². The van der Waals surface area contributed by atoms with Gasteiger partial charge in [-0.3, -0.25) is 0 Å². The molecule has 1 aromatic heterocycles. The molecule has 1 aliphatic rings. The minimum atomic E-state index is 0.0468. The van der Waals surface area contributed by atoms with Crippen LogP contribution in [0.5, 0.6) is 0 Å². The normalized spacial score (nSPS) is 16.4. The minimum absolute atomic E-state index is 0.0468. The molecule has 0 spiro atoms. The molecule has 0 fully saturated rings. The maximum absolute atomic E-state index is 3.68. The van der Waals surface area contributed by atoms with Crippen LogP contribution in [-0.4, -0.2) is 11.1 Å². The van der Waals surface area contributed by atoms with E-state index in [0.717, 1.165) is 25.9 Å². The Kier molecular flexibility index (Phi) is 3.50. The molecule has 0 radical (unpaired) electrons. The Labute approximate surface area is 138 Å². The third-order valence-corrected chi connectivity index (χ3v) is 5.10. The van der Waals surface area contributed by atoms with Crippen molar-refractivity contribution in [2.24, 2.45) is 0 Å². The number of nitrogens with zero attached hydrogens (tertiary/aromatic N) is 1. The fraction of sp³-hybridized carbons (Fsp3) is 0.333. The first-order chi connectivity index (χ1) is 11.2. The Morgan fingerprint density at radius 2 is 1.74 bits per heavy atom. The van der Waals surface area contributed by atoms with Crippen molar-refractivity contribution < 1.29 is 0 Å². The number of aromatic nitrogens is 1. The van der Waals surface area contributed by atoms with Gasteiger partial charge in [-0.25, -0.2) is 0 Å². The van der Waals surface area contributed by atoms with Crippen molar-refractivity contribution in [3.8, 4) is 0 Å². The monoisotopic (exact) mass is 304 g/mol. The Balaban J connectivity index is 1.80. The van der Waals surface area contributed by atoms with Gasteiger partial charge in [0.1, 0.15) is 0 Å². The summed E-state index contributed by atoms with van der Waals surface area (Å²) in [4.78, 5) is 0. The number of aryl methyl sites for hydroxylation is 2. The van der Waals surface area contributed by atoms with E-state index in [0.29, 0.717) is 0 Å². The predicted octanol–water partition coefficient (Wildman–Crippen LogP) is 4.26. The fourth-order valence-electron chi connectivity index (χ4n) is 4.04. The van der Waals surface area contributed by atoms with Crippen LogP contribution in [0, 0.1) is 0 Å². The Morgan fingerprint density at radius 1 is 1.00 bits per heavy atom. The highest BCUT2D eigenvalue weighted by molar-refractivity contribution is 5.87. The molecule has 0 bridgehead atoms. The average Bonchev–Trinajstić information content (AvgIpc) is 2.89. The zero-order valence-electron chi connectivity index (χ0n) is 14.0. The SMILES string of the molecule is CC1(C)NCCc2c1c1ccccc1n2CCc1ccccc1. The maximum atomic E-state index is 3.68. The molecule has 0 aliphatic carbocycles. The molecule has 1 N–H and O–H groups in total. The first-order valence-corrected chi connectivity index (χ1v) is 8.56. The summed E-state index contributed by atoms with van der Waals surface area (Å²) in [6.07, 6.45) is 2.20. The third-order valence-electron chi connectivity index (χ3n) is 5.10. The lowest BCUT2D eigenvalue weighted by Crippen LogP contribution is -2.42. The van der Waals surface area contributed by atoms with Crippen LogP contribution >= 0.6 is 0 Å². The molecule has 118 valence electrons. The van der Waals surface area contributed by atoms with E-state index in [-0.39, 0.29) is 5.54 Å². The lowest BCUT2D eigenvalue weighted by Gasteiger charge is -2.33. The third kappa shape index (κ3) is 2.47. The smallest absolute Gasteiger partial charge is 0.0486 e. The van der Waals surface area contributed by atoms with E-state index in [2.05, 4.69) is 78.3 Å². The summed E-state index contributed by atoms with van der Waals surface area (Å²) in [7, 11) is 0. The summed E-state index contributed by atoms with van der Waals surface area (Å²) in [5, 5.41) is 5.09. The van der Waals surface area contributed by atoms with Crippen LogP contribution in [0.2, 0.25) is 0 Å². The van der Waals surface area contributed by atoms with Crippen LogP contribution < -0.4 is 5.32 Å². The van der Waals surface area contributed by atoms with Crippen molar-refractivity contribution >= 4 is 10.9 Å². The summed E-state index contributed by atoms with van der Waals surface area (Å²) in [6.45, 7) is 6.72. The molecule has 23 heavy (non-hydrogen) atoms. The highest BCUT2D eigenvalue weighted by Crippen LogP contribution is 2.37. The molecule has 4 rings (SSSR count). The maximum Gasteiger partial charge on any atom is 0.0486 e. The van der Waals surface area contributed by atoms with Crippen LogP contribution in [0.4, 0.5) is 0 Å². The number of hydrogen-bond donors (Lipinski definition) is 1. The van der Waals surface area contributed by atoms with Crippen LogP contribution in [0.15, 0.2) is 54.6 Å². The van der Waals surface area contributed by atoms with Gasteiger partial charge in [0.05, 0.1) is 0 Å². The van der Waals surface area contributed by atoms with E-state index < -0.39 is 0 Å². The summed E-state index contributed by atoms with van der Waals surface area (Å²) in [6, 6.07) is 19.7. The number of hydrogen-bond acceptors (Lipinski definition) is 1. The predicted molar refractivity (Wildman–Crippen MR) is 96.8 cm³/mol. The molecule has 0 unspecified atom stereocenters. The van der Waals surface area contributed by atoms with Crippen molar-refractivity contribution in [2.45, 2.75) is 38.8 Å². The van der Waals surface area contributed by atoms with Gasteiger partial charge in [0.25, 0.3) is 0 Å². The minimum Gasteiger partial charge on any atom is -0.344 e. The van der Waals surface area contributed by atoms with E-state index in [1.54, 1.807) is 0 Å². The largest absolute Gasteiger partial charge is 0.344 e. The molecule has 0 saturated carbocycles. The highest BCUT2D eigenvalue weighted by atomic mass is 15.0. The second-order valence-electron chi connectivity index (χ2n) is 7.03. The topological polar surface area (TPSA) is 17.0 Å². The summed E-state index contributed by atoms with van der Waals surface area (Å²) < 4.78 is 2.56. The lowest BCUT2D eigenvalue weighted by atomic mass is 9.87. The molecular weight excluding hydrogens is 280 g/mol. The van der Waals surface area contributed by atoms with Crippen LogP contribution in [-0.2, 0) is 24.9 Å². The van der Waals surface area contributed by atoms with Gasteiger partial charge in [-0.1, -0.05) is 48.5 Å². The van der Waals surface area contributed by atoms with Crippen LogP contribution in [0.3, 0.4) is 0 Å². The lowest BCUT2D eigenvalue weighted by molar-refractivity contribution is 0.378. The van der Waals surface area contributed by atoms with E-state index in [9.17, 15) is 0 Å². The van der Waals surface area contributed by atoms with Gasteiger partial charge < -0.3 is 9.88 Å². The molecule has 0 atom stereocenters. The summed E-state index contributed by atoms with van der Waals surface area (Å²) in [5.41, 5.74) is 5.85. The molecule has 0 saturated heterocycles. The van der Waals surface area contributed by atoms with Gasteiger partial charge in [-0.15, -0.1) is 0 Å². The van der Waals surface area contributed by atoms with Crippen LogP contribution in [0.1, 0.15) is 30.7 Å². The average molecular weight is 304 g/mol. The molecule has 2 aromatic carbocycles. The second kappa shape index (κ2) is 5.54. The van der Waals surface area contributed by atoms with Gasteiger partial charge >= 0.3 is 0 Å². The van der Waals surface area contributed by atoms with Crippen molar-refractivity contribution in [3.63, 3.8) is 0 Å². The molecule has 1 aliphatic heterocycles. The molecule has 2 heterocycles. The van der Waals surface area contributed by atoms with Crippen molar-refractivity contribution in [1.29, 1.82) is 0 Å². The van der Waals surface area contributed by atoms with Crippen LogP contribution in [0.25, 0.3) is 10.9 Å². The Hall–Kier alpha value is -2.06. The zero-order valence-corrected chi connectivity index (χ0v) is 14.0. The summed E-state index contributed by atoms with van der Waals surface area (Å²) >= 11 is 0. The number of para-hydroxylation sites is 1. The van der Waals surface area contributed by atoms with Gasteiger partial charge in [-0.05, 0) is 31.9 Å². The number of nitrogens with one attached hydrogen (secondary N) is 1. The molecule has 0 amide bonds. The zero-order chi connectivity index (χ0) is 15.9. The quantitative estimate of drug-likeness (QED) is 0.765. The van der Waals surface area contributed by atoms with Crippen molar-refractivity contribution in [3.05, 3.63) is 71.4 Å². The van der Waals surface area contributed by atoms with Gasteiger partial charge in [0.2, 0.25) is 0 Å². The van der Waals surface area contributed by atoms with E-state index >= 15 is 0 Å². The van der Waals surface area contributed by atoms with Gasteiger partial charge in [-0.2, -0.15) is 0 Å². The number of benzene rings is 2. The number of rotatable bonds is 3. The Bertz CT molecular complexity index is 828. The van der Waals surface area contributed by atoms with Crippen molar-refractivity contribution in [2.75, 3.05) is 6.54 Å². The molecule has 2 heteroatoms. The molecule has 2 nitrogen and oxygen atoms in total. The van der Waals surface area contributed by atoms with Crippen molar-refractivity contribution in [1.82, 2.24) is 9.88 Å². The Morgan fingerprint density at radius 3 is 2.57 bits per heavy atom. The second-order valence-corrected chi connectivity index (χ2v) is 7.03. The standard InChI is InChI=1S/C21H24N2/c1-21(2)20-17-10-6-7-11-18(17)23(19(20)12-14-22-21)15-13-16-8-4-3-5-9-16/h3-11,22H,12-15H2,1-2H3. The molecule has 3 aromatic rings. The van der Waals surface area contributed by atoms with E-state index in [1.165, 1.54) is 27.7 Å². The van der Waals surface area contributed by atoms with Gasteiger partial charge in [0, 0.05) is 47.2 Å². The van der Waals surface area contributed by atoms with E-state index in [4.69, 9.17) is 0 Å².